The van der Waals surface area contributed by atoms with E-state index in [0.29, 0.717) is 23.7 Å². The predicted molar refractivity (Wildman–Crippen MR) is 48.8 cm³/mol. The molecule has 0 aromatic rings. The van der Waals surface area contributed by atoms with Crippen LogP contribution < -0.4 is 0 Å². The highest BCUT2D eigenvalue weighted by molar-refractivity contribution is 5.25. The summed E-state index contributed by atoms with van der Waals surface area (Å²) in [5.41, 5.74) is 0. The Morgan fingerprint density at radius 3 is 2.69 bits per heavy atom. The fourth-order valence-electron chi connectivity index (χ4n) is 4.63. The number of fused-ring (bicyclic) bond motifs is 6. The topological polar surface area (TPSA) is 0 Å². The van der Waals surface area contributed by atoms with E-state index in [2.05, 4.69) is 19.1 Å². The second-order valence-corrected chi connectivity index (χ2v) is 5.56. The Hall–Kier alpha value is -0.330. The van der Waals surface area contributed by atoms with Gasteiger partial charge >= 0.3 is 0 Å². The largest absolute Gasteiger partial charge is 0.247 e. The molecular formula is C12H15F. The first-order valence-corrected chi connectivity index (χ1v) is 5.61. The third kappa shape index (κ3) is 0.599. The zero-order valence-electron chi connectivity index (χ0n) is 7.86. The molecule has 8 unspecified atom stereocenters. The summed E-state index contributed by atoms with van der Waals surface area (Å²) in [6.45, 7) is 2.27. The molecule has 0 nitrogen and oxygen atoms in total. The molecule has 4 aliphatic carbocycles. The summed E-state index contributed by atoms with van der Waals surface area (Å²) in [6, 6.07) is 0. The minimum atomic E-state index is -0.486. The molecule has 3 saturated carbocycles. The van der Waals surface area contributed by atoms with Gasteiger partial charge in [0, 0.05) is 5.92 Å². The van der Waals surface area contributed by atoms with Crippen LogP contribution in [-0.2, 0) is 0 Å². The fourth-order valence-corrected chi connectivity index (χ4v) is 4.63. The molecule has 13 heavy (non-hydrogen) atoms. The van der Waals surface area contributed by atoms with E-state index in [4.69, 9.17) is 0 Å². The van der Waals surface area contributed by atoms with E-state index in [9.17, 15) is 4.39 Å². The van der Waals surface area contributed by atoms with Gasteiger partial charge in [-0.3, -0.25) is 0 Å². The van der Waals surface area contributed by atoms with Crippen LogP contribution in [0.3, 0.4) is 0 Å². The van der Waals surface area contributed by atoms with Crippen molar-refractivity contribution in [2.75, 3.05) is 0 Å². The molecule has 0 radical (unpaired) electrons. The Morgan fingerprint density at radius 2 is 1.85 bits per heavy atom. The highest BCUT2D eigenvalue weighted by Crippen LogP contribution is 2.74. The lowest BCUT2D eigenvalue weighted by Crippen LogP contribution is -2.33. The van der Waals surface area contributed by atoms with Gasteiger partial charge < -0.3 is 0 Å². The van der Waals surface area contributed by atoms with Crippen molar-refractivity contribution < 1.29 is 4.39 Å². The Balaban J connectivity index is 1.75. The van der Waals surface area contributed by atoms with Gasteiger partial charge in [0.1, 0.15) is 6.17 Å². The second-order valence-electron chi connectivity index (χ2n) is 5.56. The molecule has 0 aromatic carbocycles. The minimum absolute atomic E-state index is 0.304. The lowest BCUT2D eigenvalue weighted by atomic mass is 9.70. The van der Waals surface area contributed by atoms with Crippen LogP contribution in [-0.4, -0.2) is 6.17 Å². The van der Waals surface area contributed by atoms with Crippen LogP contribution in [0.1, 0.15) is 13.3 Å². The van der Waals surface area contributed by atoms with Crippen LogP contribution in [0.15, 0.2) is 12.2 Å². The molecule has 8 atom stereocenters. The summed E-state index contributed by atoms with van der Waals surface area (Å²) in [5.74, 6) is 4.65. The van der Waals surface area contributed by atoms with E-state index < -0.39 is 6.17 Å². The van der Waals surface area contributed by atoms with E-state index in [1.807, 2.05) is 0 Å². The summed E-state index contributed by atoms with van der Waals surface area (Å²) >= 11 is 0. The van der Waals surface area contributed by atoms with Gasteiger partial charge in [-0.2, -0.15) is 0 Å². The molecule has 3 fully saturated rings. The standard InChI is InChI=1S/C12H15F/c1-5-2-3-6-9(5)10-7-4-8(7)11(10)12(6)13/h2-3,5-12H,4H2,1H3. The lowest BCUT2D eigenvalue weighted by molar-refractivity contribution is 0.0936. The Morgan fingerprint density at radius 1 is 1.08 bits per heavy atom. The number of alkyl halides is 1. The Bertz CT molecular complexity index is 295. The van der Waals surface area contributed by atoms with Gasteiger partial charge in [0.25, 0.3) is 0 Å². The normalized spacial score (nSPS) is 71.2. The summed E-state index contributed by atoms with van der Waals surface area (Å²) < 4.78 is 14.0. The fraction of sp³-hybridized carbons (Fsp3) is 0.833. The molecule has 0 spiro atoms. The highest BCUT2D eigenvalue weighted by Gasteiger charge is 2.72. The average molecular weight is 178 g/mol. The van der Waals surface area contributed by atoms with Gasteiger partial charge in [0.05, 0.1) is 0 Å². The van der Waals surface area contributed by atoms with Crippen LogP contribution in [0, 0.1) is 41.4 Å². The van der Waals surface area contributed by atoms with E-state index in [1.165, 1.54) is 6.42 Å². The predicted octanol–water partition coefficient (Wildman–Crippen LogP) is 2.66. The summed E-state index contributed by atoms with van der Waals surface area (Å²) in [5, 5.41) is 0. The molecule has 0 aliphatic heterocycles. The van der Waals surface area contributed by atoms with Gasteiger partial charge in [-0.05, 0) is 41.9 Å². The van der Waals surface area contributed by atoms with Gasteiger partial charge in [0.2, 0.25) is 0 Å². The molecule has 1 heteroatoms. The zero-order chi connectivity index (χ0) is 8.74. The van der Waals surface area contributed by atoms with Gasteiger partial charge in [-0.15, -0.1) is 0 Å². The number of allylic oxidation sites excluding steroid dienone is 2. The van der Waals surface area contributed by atoms with Gasteiger partial charge in [0.15, 0.2) is 0 Å². The summed E-state index contributed by atoms with van der Waals surface area (Å²) in [7, 11) is 0. The van der Waals surface area contributed by atoms with Crippen LogP contribution in [0.5, 0.6) is 0 Å². The Kier molecular flexibility index (Phi) is 1.01. The lowest BCUT2D eigenvalue weighted by Gasteiger charge is -2.35. The van der Waals surface area contributed by atoms with Crippen molar-refractivity contribution in [1.29, 1.82) is 0 Å². The van der Waals surface area contributed by atoms with E-state index in [-0.39, 0.29) is 0 Å². The monoisotopic (exact) mass is 178 g/mol. The SMILES string of the molecule is CC1C=CC2C(F)C3C4CC4C3C12. The molecule has 4 rings (SSSR count). The molecule has 0 bridgehead atoms. The Labute approximate surface area is 78.2 Å². The van der Waals surface area contributed by atoms with Gasteiger partial charge in [-0.1, -0.05) is 19.1 Å². The van der Waals surface area contributed by atoms with E-state index in [1.54, 1.807) is 0 Å². The number of rotatable bonds is 0. The van der Waals surface area contributed by atoms with E-state index in [0.717, 1.165) is 17.8 Å². The number of hydrogen-bond acceptors (Lipinski definition) is 0. The van der Waals surface area contributed by atoms with Crippen LogP contribution in [0.4, 0.5) is 4.39 Å². The van der Waals surface area contributed by atoms with Crippen molar-refractivity contribution >= 4 is 0 Å². The van der Waals surface area contributed by atoms with E-state index >= 15 is 0 Å². The molecule has 4 aliphatic rings. The molecule has 0 heterocycles. The molecular weight excluding hydrogens is 163 g/mol. The van der Waals surface area contributed by atoms with Crippen molar-refractivity contribution in [3.63, 3.8) is 0 Å². The highest BCUT2D eigenvalue weighted by atomic mass is 19.1. The maximum atomic E-state index is 14.0. The first kappa shape index (κ1) is 7.03. The molecule has 70 valence electrons. The maximum absolute atomic E-state index is 14.0. The summed E-state index contributed by atoms with van der Waals surface area (Å²) in [4.78, 5) is 0. The third-order valence-corrected chi connectivity index (χ3v) is 5.19. The van der Waals surface area contributed by atoms with Gasteiger partial charge in [-0.25, -0.2) is 4.39 Å². The first-order valence-electron chi connectivity index (χ1n) is 5.61. The van der Waals surface area contributed by atoms with Crippen molar-refractivity contribution in [1.82, 2.24) is 0 Å². The quantitative estimate of drug-likeness (QED) is 0.500. The zero-order valence-corrected chi connectivity index (χ0v) is 7.86. The minimum Gasteiger partial charge on any atom is -0.247 e. The third-order valence-electron chi connectivity index (χ3n) is 5.19. The molecule has 0 amide bonds. The average Bonchev–Trinajstić information content (AvgIpc) is 2.53. The van der Waals surface area contributed by atoms with Crippen LogP contribution in [0.25, 0.3) is 0 Å². The number of halogens is 1. The van der Waals surface area contributed by atoms with Crippen molar-refractivity contribution in [2.24, 2.45) is 41.4 Å². The maximum Gasteiger partial charge on any atom is 0.110 e. The summed E-state index contributed by atoms with van der Waals surface area (Å²) in [6.07, 6.45) is 5.28. The van der Waals surface area contributed by atoms with Crippen molar-refractivity contribution in [3.8, 4) is 0 Å². The van der Waals surface area contributed by atoms with Crippen molar-refractivity contribution in [3.05, 3.63) is 12.2 Å². The molecule has 0 saturated heterocycles. The number of hydrogen-bond donors (Lipinski definition) is 0. The van der Waals surface area contributed by atoms with Crippen LogP contribution >= 0.6 is 0 Å². The molecule has 0 aromatic heterocycles. The molecule has 0 N–H and O–H groups in total. The smallest absolute Gasteiger partial charge is 0.110 e. The first-order chi connectivity index (χ1) is 6.29. The van der Waals surface area contributed by atoms with Crippen molar-refractivity contribution in [2.45, 2.75) is 19.5 Å². The van der Waals surface area contributed by atoms with Crippen LogP contribution in [0.2, 0.25) is 0 Å². The second kappa shape index (κ2) is 1.87.